The van der Waals surface area contributed by atoms with Crippen LogP contribution in [0, 0.1) is 6.92 Å². The first kappa shape index (κ1) is 15.0. The second kappa shape index (κ2) is 5.51. The Morgan fingerprint density at radius 2 is 2.00 bits per heavy atom. The maximum Gasteiger partial charge on any atom is 0.282 e. The van der Waals surface area contributed by atoms with Crippen molar-refractivity contribution >= 4 is 22.6 Å². The quantitative estimate of drug-likeness (QED) is 0.787. The third-order valence-corrected chi connectivity index (χ3v) is 5.15. The molecule has 1 aliphatic carbocycles. The van der Waals surface area contributed by atoms with Gasteiger partial charge in [0.1, 0.15) is 5.82 Å². The fourth-order valence-corrected chi connectivity index (χ4v) is 3.95. The molecule has 2 aromatic heterocycles. The molecule has 0 amide bonds. The van der Waals surface area contributed by atoms with E-state index in [1.807, 2.05) is 25.1 Å². The number of hydrogen-bond acceptors (Lipinski definition) is 3. The number of nitrogens with zero attached hydrogens (tertiary/aromatic N) is 3. The number of carbonyl (C=O) groups excluding carboxylic acids is 1. The van der Waals surface area contributed by atoms with Gasteiger partial charge in [0.05, 0.1) is 11.3 Å². The molecule has 1 aliphatic rings. The minimum absolute atomic E-state index is 0.122. The van der Waals surface area contributed by atoms with Crippen molar-refractivity contribution in [3.63, 3.8) is 0 Å². The highest BCUT2D eigenvalue weighted by Crippen LogP contribution is 2.30. The number of anilines is 1. The minimum atomic E-state index is -0.122. The van der Waals surface area contributed by atoms with Crippen molar-refractivity contribution in [2.75, 3.05) is 5.73 Å². The van der Waals surface area contributed by atoms with Crippen LogP contribution in [0.4, 0.5) is 5.82 Å². The normalized spacial score (nSPS) is 14.1. The van der Waals surface area contributed by atoms with E-state index in [1.165, 1.54) is 4.68 Å². The van der Waals surface area contributed by atoms with Gasteiger partial charge in [0.25, 0.3) is 5.91 Å². The van der Waals surface area contributed by atoms with Crippen molar-refractivity contribution in [1.82, 2.24) is 14.3 Å². The van der Waals surface area contributed by atoms with E-state index in [9.17, 15) is 4.79 Å². The first-order valence-electron chi connectivity index (χ1n) is 8.62. The Hall–Kier alpha value is -2.56. The molecule has 0 fully saturated rings. The zero-order chi connectivity index (χ0) is 16.8. The molecule has 1 aromatic carbocycles. The lowest BCUT2D eigenvalue weighted by Crippen LogP contribution is -2.17. The second-order valence-electron chi connectivity index (χ2n) is 6.46. The van der Waals surface area contributed by atoms with Crippen LogP contribution in [0.25, 0.3) is 10.9 Å². The van der Waals surface area contributed by atoms with Crippen molar-refractivity contribution in [3.8, 4) is 0 Å². The molecule has 5 nitrogen and oxygen atoms in total. The number of hydrogen-bond donors (Lipinski definition) is 1. The predicted octanol–water partition coefficient (Wildman–Crippen LogP) is 3.32. The zero-order valence-electron chi connectivity index (χ0n) is 14.2. The van der Waals surface area contributed by atoms with Gasteiger partial charge in [0, 0.05) is 28.7 Å². The largest absolute Gasteiger partial charge is 0.383 e. The summed E-state index contributed by atoms with van der Waals surface area (Å²) in [5.74, 6) is 0.394. The molecule has 0 aliphatic heterocycles. The van der Waals surface area contributed by atoms with Crippen molar-refractivity contribution < 1.29 is 4.79 Å². The summed E-state index contributed by atoms with van der Waals surface area (Å²) in [5.41, 5.74) is 11.1. The summed E-state index contributed by atoms with van der Waals surface area (Å²) in [6.45, 7) is 4.91. The summed E-state index contributed by atoms with van der Waals surface area (Å²) in [6, 6.07) is 8.03. The van der Waals surface area contributed by atoms with Crippen LogP contribution in [0.1, 0.15) is 47.1 Å². The smallest absolute Gasteiger partial charge is 0.282 e. The molecule has 5 heteroatoms. The highest BCUT2D eigenvalue weighted by Gasteiger charge is 2.26. The number of para-hydroxylation sites is 1. The van der Waals surface area contributed by atoms with Gasteiger partial charge in [-0.25, -0.2) is 0 Å². The van der Waals surface area contributed by atoms with E-state index < -0.39 is 0 Å². The van der Waals surface area contributed by atoms with Crippen LogP contribution in [0.15, 0.2) is 24.3 Å². The maximum atomic E-state index is 13.3. The molecule has 2 heterocycles. The minimum Gasteiger partial charge on any atom is -0.383 e. The predicted molar refractivity (Wildman–Crippen MR) is 95.4 cm³/mol. The van der Waals surface area contributed by atoms with Gasteiger partial charge < -0.3 is 10.3 Å². The molecular formula is C19H22N4O. The molecule has 0 unspecified atom stereocenters. The molecule has 2 N–H and O–H groups in total. The van der Waals surface area contributed by atoms with Gasteiger partial charge in [-0.3, -0.25) is 4.79 Å². The van der Waals surface area contributed by atoms with Gasteiger partial charge in [-0.2, -0.15) is 9.78 Å². The van der Waals surface area contributed by atoms with Crippen molar-refractivity contribution in [2.24, 2.45) is 0 Å². The van der Waals surface area contributed by atoms with Crippen LogP contribution in [-0.4, -0.2) is 20.3 Å². The highest BCUT2D eigenvalue weighted by molar-refractivity contribution is 6.10. The molecule has 0 atom stereocenters. The van der Waals surface area contributed by atoms with E-state index in [0.29, 0.717) is 11.4 Å². The standard InChI is InChI=1S/C19H22N4O/c1-3-22-12(2)17(14-9-5-7-11-16(14)22)19(24)23-18(20)13-8-4-6-10-15(13)21-23/h5,7,9,11H,3-4,6,8,10,20H2,1-2H3. The van der Waals surface area contributed by atoms with Gasteiger partial charge in [0.2, 0.25) is 0 Å². The first-order chi connectivity index (χ1) is 11.6. The van der Waals surface area contributed by atoms with E-state index in [1.54, 1.807) is 0 Å². The van der Waals surface area contributed by atoms with Gasteiger partial charge in [0.15, 0.2) is 0 Å². The number of aromatic nitrogens is 3. The van der Waals surface area contributed by atoms with Crippen LogP contribution in [0.2, 0.25) is 0 Å². The Labute approximate surface area is 141 Å². The van der Waals surface area contributed by atoms with E-state index in [0.717, 1.165) is 60.1 Å². The summed E-state index contributed by atoms with van der Waals surface area (Å²) in [6.07, 6.45) is 4.07. The van der Waals surface area contributed by atoms with Crippen LogP contribution >= 0.6 is 0 Å². The van der Waals surface area contributed by atoms with Gasteiger partial charge >= 0.3 is 0 Å². The number of benzene rings is 1. The Morgan fingerprint density at radius 3 is 2.75 bits per heavy atom. The van der Waals surface area contributed by atoms with Crippen molar-refractivity contribution in [2.45, 2.75) is 46.1 Å². The van der Waals surface area contributed by atoms with Crippen LogP contribution in [0.3, 0.4) is 0 Å². The number of aryl methyl sites for hydroxylation is 2. The highest BCUT2D eigenvalue weighted by atomic mass is 16.2. The molecule has 0 saturated heterocycles. The lowest BCUT2D eigenvalue weighted by Gasteiger charge is -2.08. The average Bonchev–Trinajstić information content (AvgIpc) is 3.09. The maximum absolute atomic E-state index is 13.3. The molecule has 24 heavy (non-hydrogen) atoms. The zero-order valence-corrected chi connectivity index (χ0v) is 14.2. The number of nitrogens with two attached hydrogens (primary N) is 1. The molecule has 3 aromatic rings. The second-order valence-corrected chi connectivity index (χ2v) is 6.46. The lowest BCUT2D eigenvalue weighted by atomic mass is 9.98. The third-order valence-electron chi connectivity index (χ3n) is 5.15. The fourth-order valence-electron chi connectivity index (χ4n) is 3.95. The van der Waals surface area contributed by atoms with Crippen molar-refractivity contribution in [3.05, 3.63) is 46.8 Å². The average molecular weight is 322 g/mol. The summed E-state index contributed by atoms with van der Waals surface area (Å²) >= 11 is 0. The monoisotopic (exact) mass is 322 g/mol. The number of rotatable bonds is 2. The topological polar surface area (TPSA) is 65.8 Å². The van der Waals surface area contributed by atoms with E-state index in [4.69, 9.17) is 5.73 Å². The molecule has 4 rings (SSSR count). The summed E-state index contributed by atoms with van der Waals surface area (Å²) < 4.78 is 3.59. The molecule has 0 radical (unpaired) electrons. The number of fused-ring (bicyclic) bond motifs is 2. The Bertz CT molecular complexity index is 948. The number of nitrogen functional groups attached to an aromatic ring is 1. The SMILES string of the molecule is CCn1c(C)c(C(=O)n2nc3c(c2N)CCCC3)c2ccccc21. The Morgan fingerprint density at radius 1 is 1.25 bits per heavy atom. The molecule has 0 bridgehead atoms. The van der Waals surface area contributed by atoms with Gasteiger partial charge in [-0.15, -0.1) is 0 Å². The Balaban J connectivity index is 1.91. The Kier molecular flexibility index (Phi) is 3.44. The van der Waals surface area contributed by atoms with Crippen molar-refractivity contribution in [1.29, 1.82) is 0 Å². The molecule has 0 saturated carbocycles. The van der Waals surface area contributed by atoms with Gasteiger partial charge in [-0.1, -0.05) is 18.2 Å². The van der Waals surface area contributed by atoms with Gasteiger partial charge in [-0.05, 0) is 45.6 Å². The van der Waals surface area contributed by atoms with E-state index in [2.05, 4.69) is 22.7 Å². The first-order valence-corrected chi connectivity index (χ1v) is 8.62. The molecule has 124 valence electrons. The van der Waals surface area contributed by atoms with E-state index >= 15 is 0 Å². The summed E-state index contributed by atoms with van der Waals surface area (Å²) in [4.78, 5) is 13.3. The fraction of sp³-hybridized carbons (Fsp3) is 0.368. The van der Waals surface area contributed by atoms with Crippen LogP contribution < -0.4 is 5.73 Å². The number of carbonyl (C=O) groups is 1. The summed E-state index contributed by atoms with van der Waals surface area (Å²) in [7, 11) is 0. The molecule has 0 spiro atoms. The lowest BCUT2D eigenvalue weighted by molar-refractivity contribution is 0.0948. The van der Waals surface area contributed by atoms with E-state index in [-0.39, 0.29) is 5.91 Å². The van der Waals surface area contributed by atoms with Crippen LogP contribution in [0.5, 0.6) is 0 Å². The third kappa shape index (κ3) is 2.00. The summed E-state index contributed by atoms with van der Waals surface area (Å²) in [5, 5.41) is 5.51. The van der Waals surface area contributed by atoms with Crippen LogP contribution in [-0.2, 0) is 19.4 Å². The molecular weight excluding hydrogens is 300 g/mol.